The number of ether oxygens (including phenoxy) is 1. The van der Waals surface area contributed by atoms with Gasteiger partial charge in [-0.1, -0.05) is 20.8 Å². The summed E-state index contributed by atoms with van der Waals surface area (Å²) in [5.74, 6) is 1.53. The predicted octanol–water partition coefficient (Wildman–Crippen LogP) is 1.80. The molecular weight excluding hydrogens is 202 g/mol. The Morgan fingerprint density at radius 3 is 2.69 bits per heavy atom. The molecule has 3 atom stereocenters. The van der Waals surface area contributed by atoms with E-state index in [0.717, 1.165) is 24.9 Å². The molecule has 1 aliphatic carbocycles. The summed E-state index contributed by atoms with van der Waals surface area (Å²) in [7, 11) is 0. The minimum atomic E-state index is -0.355. The van der Waals surface area contributed by atoms with Crippen molar-refractivity contribution in [3.8, 4) is 0 Å². The van der Waals surface area contributed by atoms with Crippen molar-refractivity contribution in [1.82, 2.24) is 5.32 Å². The summed E-state index contributed by atoms with van der Waals surface area (Å²) < 4.78 is 5.44. The van der Waals surface area contributed by atoms with Crippen LogP contribution < -0.4 is 5.32 Å². The van der Waals surface area contributed by atoms with E-state index in [1.54, 1.807) is 0 Å². The number of hydrogen-bond acceptors (Lipinski definition) is 3. The summed E-state index contributed by atoms with van der Waals surface area (Å²) in [6, 6.07) is 0.635. The van der Waals surface area contributed by atoms with Crippen LogP contribution in [0.4, 0.5) is 0 Å². The first kappa shape index (κ1) is 13.9. The van der Waals surface area contributed by atoms with Gasteiger partial charge in [-0.3, -0.25) is 0 Å². The highest BCUT2D eigenvalue weighted by molar-refractivity contribution is 4.89. The maximum absolute atomic E-state index is 9.63. The van der Waals surface area contributed by atoms with Gasteiger partial charge in [0.25, 0.3) is 0 Å². The molecule has 3 nitrogen and oxygen atoms in total. The molecule has 0 aromatic carbocycles. The van der Waals surface area contributed by atoms with Crippen molar-refractivity contribution in [1.29, 1.82) is 0 Å². The summed E-state index contributed by atoms with van der Waals surface area (Å²) in [5.41, 5.74) is 0. The minimum absolute atomic E-state index is 0.355. The molecule has 1 saturated carbocycles. The van der Waals surface area contributed by atoms with E-state index >= 15 is 0 Å². The lowest BCUT2D eigenvalue weighted by molar-refractivity contribution is 0.0345. The molecule has 0 spiro atoms. The van der Waals surface area contributed by atoms with Gasteiger partial charge in [0, 0.05) is 19.2 Å². The zero-order chi connectivity index (χ0) is 12.0. The van der Waals surface area contributed by atoms with Gasteiger partial charge in [-0.25, -0.2) is 0 Å². The van der Waals surface area contributed by atoms with Crippen LogP contribution in [0.25, 0.3) is 0 Å². The quantitative estimate of drug-likeness (QED) is 0.592. The largest absolute Gasteiger partial charge is 0.389 e. The van der Waals surface area contributed by atoms with Crippen LogP contribution in [0.2, 0.25) is 0 Å². The second-order valence-electron chi connectivity index (χ2n) is 5.49. The van der Waals surface area contributed by atoms with Crippen molar-refractivity contribution in [3.63, 3.8) is 0 Å². The lowest BCUT2D eigenvalue weighted by Gasteiger charge is -2.12. The molecule has 1 aliphatic rings. The molecule has 16 heavy (non-hydrogen) atoms. The van der Waals surface area contributed by atoms with Gasteiger partial charge in [0.2, 0.25) is 0 Å². The fraction of sp³-hybridized carbons (Fsp3) is 1.00. The Morgan fingerprint density at radius 2 is 2.12 bits per heavy atom. The van der Waals surface area contributed by atoms with E-state index in [1.165, 1.54) is 12.8 Å². The fourth-order valence-corrected chi connectivity index (χ4v) is 1.77. The standard InChI is InChI=1S/C13H27NO2/c1-10(2)5-4-6-16-9-12(15)8-14-13-7-11(13)3/h10-15H,4-9H2,1-3H3. The highest BCUT2D eigenvalue weighted by atomic mass is 16.5. The molecule has 0 saturated heterocycles. The minimum Gasteiger partial charge on any atom is -0.389 e. The van der Waals surface area contributed by atoms with E-state index < -0.39 is 0 Å². The number of nitrogens with one attached hydrogen (secondary N) is 1. The monoisotopic (exact) mass is 229 g/mol. The third-order valence-corrected chi connectivity index (χ3v) is 3.11. The average Bonchev–Trinajstić information content (AvgIpc) is 2.91. The Bertz CT molecular complexity index is 185. The van der Waals surface area contributed by atoms with Gasteiger partial charge < -0.3 is 15.2 Å². The SMILES string of the molecule is CC(C)CCCOCC(O)CNC1CC1C. The molecule has 0 amide bonds. The fourth-order valence-electron chi connectivity index (χ4n) is 1.77. The molecule has 0 aromatic rings. The van der Waals surface area contributed by atoms with Gasteiger partial charge in [-0.2, -0.15) is 0 Å². The van der Waals surface area contributed by atoms with Crippen LogP contribution in [0.15, 0.2) is 0 Å². The highest BCUT2D eigenvalue weighted by Gasteiger charge is 2.32. The zero-order valence-electron chi connectivity index (χ0n) is 10.9. The van der Waals surface area contributed by atoms with E-state index in [2.05, 4.69) is 26.1 Å². The molecule has 3 heteroatoms. The highest BCUT2D eigenvalue weighted by Crippen LogP contribution is 2.28. The van der Waals surface area contributed by atoms with Gasteiger partial charge in [0.1, 0.15) is 0 Å². The molecule has 0 radical (unpaired) electrons. The van der Waals surface area contributed by atoms with Crippen molar-refractivity contribution in [2.45, 2.75) is 52.2 Å². The lowest BCUT2D eigenvalue weighted by Crippen LogP contribution is -2.32. The lowest BCUT2D eigenvalue weighted by atomic mass is 10.1. The number of hydrogen-bond donors (Lipinski definition) is 2. The summed E-state index contributed by atoms with van der Waals surface area (Å²) in [6.07, 6.45) is 3.19. The van der Waals surface area contributed by atoms with Crippen LogP contribution in [0, 0.1) is 11.8 Å². The first-order chi connectivity index (χ1) is 7.59. The van der Waals surface area contributed by atoms with Gasteiger partial charge in [-0.05, 0) is 31.1 Å². The molecule has 3 unspecified atom stereocenters. The van der Waals surface area contributed by atoms with Crippen LogP contribution in [-0.2, 0) is 4.74 Å². The maximum atomic E-state index is 9.63. The van der Waals surface area contributed by atoms with Crippen LogP contribution in [-0.4, -0.2) is 37.0 Å². The summed E-state index contributed by atoms with van der Waals surface area (Å²) in [5, 5.41) is 13.0. The van der Waals surface area contributed by atoms with E-state index in [1.807, 2.05) is 0 Å². The summed E-state index contributed by atoms with van der Waals surface area (Å²) in [6.45, 7) is 8.57. The van der Waals surface area contributed by atoms with E-state index in [0.29, 0.717) is 19.2 Å². The molecule has 0 bridgehead atoms. The van der Waals surface area contributed by atoms with Crippen LogP contribution in [0.5, 0.6) is 0 Å². The molecule has 1 fully saturated rings. The van der Waals surface area contributed by atoms with Gasteiger partial charge in [0.05, 0.1) is 12.7 Å². The van der Waals surface area contributed by atoms with E-state index in [4.69, 9.17) is 4.74 Å². The summed E-state index contributed by atoms with van der Waals surface area (Å²) >= 11 is 0. The van der Waals surface area contributed by atoms with Gasteiger partial charge in [0.15, 0.2) is 0 Å². The molecule has 0 aromatic heterocycles. The maximum Gasteiger partial charge on any atom is 0.0897 e. The molecular formula is C13H27NO2. The smallest absolute Gasteiger partial charge is 0.0897 e. The topological polar surface area (TPSA) is 41.5 Å². The second kappa shape index (κ2) is 7.25. The molecule has 0 aliphatic heterocycles. The van der Waals surface area contributed by atoms with Crippen LogP contribution in [0.3, 0.4) is 0 Å². The van der Waals surface area contributed by atoms with E-state index in [9.17, 15) is 5.11 Å². The van der Waals surface area contributed by atoms with Crippen molar-refractivity contribution >= 4 is 0 Å². The number of aliphatic hydroxyl groups is 1. The summed E-state index contributed by atoms with van der Waals surface area (Å²) in [4.78, 5) is 0. The third-order valence-electron chi connectivity index (χ3n) is 3.11. The molecule has 1 rings (SSSR count). The first-order valence-electron chi connectivity index (χ1n) is 6.58. The Kier molecular flexibility index (Phi) is 6.32. The van der Waals surface area contributed by atoms with Crippen LogP contribution >= 0.6 is 0 Å². The van der Waals surface area contributed by atoms with Gasteiger partial charge >= 0.3 is 0 Å². The average molecular weight is 229 g/mol. The Labute approximate surface area is 99.6 Å². The van der Waals surface area contributed by atoms with Gasteiger partial charge in [-0.15, -0.1) is 0 Å². The van der Waals surface area contributed by atoms with Crippen molar-refractivity contribution in [3.05, 3.63) is 0 Å². The Hall–Kier alpha value is -0.120. The molecule has 0 heterocycles. The first-order valence-corrected chi connectivity index (χ1v) is 6.58. The van der Waals surface area contributed by atoms with E-state index in [-0.39, 0.29) is 6.10 Å². The number of aliphatic hydroxyl groups excluding tert-OH is 1. The normalized spacial score (nSPS) is 26.1. The third kappa shape index (κ3) is 6.46. The van der Waals surface area contributed by atoms with Crippen molar-refractivity contribution in [2.75, 3.05) is 19.8 Å². The predicted molar refractivity (Wildman–Crippen MR) is 66.5 cm³/mol. The zero-order valence-corrected chi connectivity index (χ0v) is 10.9. The van der Waals surface area contributed by atoms with Crippen molar-refractivity contribution < 1.29 is 9.84 Å². The Morgan fingerprint density at radius 1 is 1.44 bits per heavy atom. The Balaban J connectivity index is 1.84. The molecule has 96 valence electrons. The second-order valence-corrected chi connectivity index (χ2v) is 5.49. The van der Waals surface area contributed by atoms with Crippen molar-refractivity contribution in [2.24, 2.45) is 11.8 Å². The molecule has 2 N–H and O–H groups in total. The number of rotatable bonds is 9. The van der Waals surface area contributed by atoms with Crippen LogP contribution in [0.1, 0.15) is 40.0 Å².